The molecule has 2 heterocycles. The maximum Gasteiger partial charge on any atom is 0.224 e. The van der Waals surface area contributed by atoms with Crippen LogP contribution in [0.15, 0.2) is 34.2 Å². The monoisotopic (exact) mass is 374 g/mol. The van der Waals surface area contributed by atoms with Crippen LogP contribution in [-0.4, -0.2) is 9.97 Å². The maximum atomic E-state index is 6.22. The lowest BCUT2D eigenvalue weighted by molar-refractivity contribution is 1.11. The second kappa shape index (κ2) is 6.31. The van der Waals surface area contributed by atoms with Crippen molar-refractivity contribution in [1.82, 2.24) is 9.97 Å². The van der Waals surface area contributed by atoms with Crippen LogP contribution in [0.3, 0.4) is 0 Å². The normalized spacial score (nSPS) is 11.2. The van der Waals surface area contributed by atoms with E-state index in [-0.39, 0.29) is 5.28 Å². The van der Waals surface area contributed by atoms with Crippen LogP contribution in [-0.2, 0) is 6.42 Å². The molecule has 0 radical (unpaired) electrons. The molecule has 0 N–H and O–H groups in total. The van der Waals surface area contributed by atoms with Crippen LogP contribution in [0.2, 0.25) is 15.3 Å². The number of hydrogen-bond acceptors (Lipinski definition) is 4. The minimum absolute atomic E-state index is 0.243. The van der Waals surface area contributed by atoms with Crippen LogP contribution in [0, 0.1) is 0 Å². The topological polar surface area (TPSA) is 25.8 Å². The summed E-state index contributed by atoms with van der Waals surface area (Å²) in [5.41, 5.74) is 0. The molecule has 3 aromatic rings. The smallest absolute Gasteiger partial charge is 0.210 e. The quantitative estimate of drug-likeness (QED) is 0.393. The molecular weight excluding hydrogens is 367 g/mol. The first-order chi connectivity index (χ1) is 10.1. The van der Waals surface area contributed by atoms with E-state index in [2.05, 4.69) is 23.0 Å². The van der Waals surface area contributed by atoms with Gasteiger partial charge >= 0.3 is 0 Å². The molecule has 3 rings (SSSR count). The number of nitrogens with zero attached hydrogens (tertiary/aromatic N) is 2. The Morgan fingerprint density at radius 2 is 1.95 bits per heavy atom. The summed E-state index contributed by atoms with van der Waals surface area (Å²) in [6.07, 6.45) is 0.959. The Balaban J connectivity index is 2.11. The summed E-state index contributed by atoms with van der Waals surface area (Å²) in [6.45, 7) is 2.11. The molecule has 1 aromatic carbocycles. The number of benzene rings is 1. The first-order valence-electron chi connectivity index (χ1n) is 6.15. The molecular formula is C14H9Cl3N2S2. The fourth-order valence-corrected chi connectivity index (χ4v) is 4.56. The summed E-state index contributed by atoms with van der Waals surface area (Å²) < 4.78 is 0. The number of rotatable bonds is 3. The minimum Gasteiger partial charge on any atom is -0.210 e. The third-order valence-electron chi connectivity index (χ3n) is 2.83. The molecule has 0 aliphatic heterocycles. The lowest BCUT2D eigenvalue weighted by atomic mass is 10.3. The molecule has 0 atom stereocenters. The second-order valence-electron chi connectivity index (χ2n) is 4.26. The Bertz CT molecular complexity index is 817. The van der Waals surface area contributed by atoms with Gasteiger partial charge in [0.1, 0.15) is 9.86 Å². The van der Waals surface area contributed by atoms with E-state index >= 15 is 0 Å². The van der Waals surface area contributed by atoms with E-state index in [1.54, 1.807) is 23.5 Å². The SMILES string of the molecule is CCc1cc2c(Sc3cc(Cl)ccc3Cl)nc(Cl)nc2s1. The van der Waals surface area contributed by atoms with Gasteiger partial charge in [-0.1, -0.05) is 41.9 Å². The highest BCUT2D eigenvalue weighted by molar-refractivity contribution is 7.99. The van der Waals surface area contributed by atoms with Crippen LogP contribution in [0.4, 0.5) is 0 Å². The van der Waals surface area contributed by atoms with Crippen molar-refractivity contribution >= 4 is 68.1 Å². The van der Waals surface area contributed by atoms with Crippen molar-refractivity contribution in [3.8, 4) is 0 Å². The van der Waals surface area contributed by atoms with Crippen molar-refractivity contribution < 1.29 is 0 Å². The van der Waals surface area contributed by atoms with Crippen LogP contribution in [0.5, 0.6) is 0 Å². The van der Waals surface area contributed by atoms with Crippen molar-refractivity contribution in [2.45, 2.75) is 23.3 Å². The Labute approximate surface area is 145 Å². The highest BCUT2D eigenvalue weighted by Gasteiger charge is 2.13. The van der Waals surface area contributed by atoms with Gasteiger partial charge in [-0.3, -0.25) is 0 Å². The third-order valence-corrected chi connectivity index (χ3v) is 5.91. The molecule has 0 saturated carbocycles. The lowest BCUT2D eigenvalue weighted by Crippen LogP contribution is -1.86. The fourth-order valence-electron chi connectivity index (χ4n) is 1.83. The summed E-state index contributed by atoms with van der Waals surface area (Å²) in [4.78, 5) is 11.6. The first kappa shape index (κ1) is 15.4. The number of thiophene rings is 1. The van der Waals surface area contributed by atoms with Gasteiger partial charge in [0.2, 0.25) is 5.28 Å². The molecule has 0 aliphatic rings. The predicted octanol–water partition coefficient (Wildman–Crippen LogP) is 6.37. The number of aromatic nitrogens is 2. The molecule has 0 amide bonds. The molecule has 0 aliphatic carbocycles. The third kappa shape index (κ3) is 3.30. The van der Waals surface area contributed by atoms with E-state index in [1.165, 1.54) is 16.6 Å². The van der Waals surface area contributed by atoms with Crippen molar-refractivity contribution in [3.05, 3.63) is 44.5 Å². The summed E-state index contributed by atoms with van der Waals surface area (Å²) in [5.74, 6) is 0. The van der Waals surface area contributed by atoms with Gasteiger partial charge < -0.3 is 0 Å². The number of fused-ring (bicyclic) bond motifs is 1. The summed E-state index contributed by atoms with van der Waals surface area (Å²) in [7, 11) is 0. The largest absolute Gasteiger partial charge is 0.224 e. The van der Waals surface area contributed by atoms with Crippen molar-refractivity contribution in [3.63, 3.8) is 0 Å². The molecule has 0 spiro atoms. The van der Waals surface area contributed by atoms with Gasteiger partial charge in [-0.15, -0.1) is 11.3 Å². The highest BCUT2D eigenvalue weighted by Crippen LogP contribution is 2.39. The van der Waals surface area contributed by atoms with E-state index in [9.17, 15) is 0 Å². The zero-order valence-electron chi connectivity index (χ0n) is 10.9. The molecule has 108 valence electrons. The molecule has 0 unspecified atom stereocenters. The van der Waals surface area contributed by atoms with Gasteiger partial charge in [0.05, 0.1) is 5.02 Å². The lowest BCUT2D eigenvalue weighted by Gasteiger charge is -2.05. The Morgan fingerprint density at radius 3 is 2.71 bits per heavy atom. The van der Waals surface area contributed by atoms with Gasteiger partial charge in [-0.25, -0.2) is 9.97 Å². The Kier molecular flexibility index (Phi) is 4.62. The van der Waals surface area contributed by atoms with Gasteiger partial charge in [-0.05, 0) is 42.3 Å². The highest BCUT2D eigenvalue weighted by atomic mass is 35.5. The van der Waals surface area contributed by atoms with Crippen molar-refractivity contribution in [1.29, 1.82) is 0 Å². The van der Waals surface area contributed by atoms with Crippen molar-refractivity contribution in [2.24, 2.45) is 0 Å². The Morgan fingerprint density at radius 1 is 1.14 bits per heavy atom. The maximum absolute atomic E-state index is 6.22. The molecule has 2 nitrogen and oxygen atoms in total. The van der Waals surface area contributed by atoms with Gasteiger partial charge in [0.25, 0.3) is 0 Å². The predicted molar refractivity (Wildman–Crippen MR) is 92.4 cm³/mol. The average molecular weight is 376 g/mol. The molecule has 0 bridgehead atoms. The summed E-state index contributed by atoms with van der Waals surface area (Å²) in [6, 6.07) is 7.47. The van der Waals surface area contributed by atoms with Crippen LogP contribution >= 0.6 is 57.9 Å². The first-order valence-corrected chi connectivity index (χ1v) is 8.92. The average Bonchev–Trinajstić information content (AvgIpc) is 2.86. The number of halogens is 3. The zero-order chi connectivity index (χ0) is 15.0. The molecule has 7 heteroatoms. The van der Waals surface area contributed by atoms with Crippen molar-refractivity contribution in [2.75, 3.05) is 0 Å². The van der Waals surface area contributed by atoms with Gasteiger partial charge in [0.15, 0.2) is 0 Å². The molecule has 21 heavy (non-hydrogen) atoms. The van der Waals surface area contributed by atoms with Crippen LogP contribution in [0.25, 0.3) is 10.2 Å². The fraction of sp³-hybridized carbons (Fsp3) is 0.143. The molecule has 2 aromatic heterocycles. The van der Waals surface area contributed by atoms with Crippen LogP contribution < -0.4 is 0 Å². The summed E-state index contributed by atoms with van der Waals surface area (Å²) in [5, 5.41) is 3.32. The standard InChI is InChI=1S/C14H9Cl3N2S2/c1-2-8-6-9-12(20-8)18-14(17)19-13(9)21-11-5-7(15)3-4-10(11)16/h3-6H,2H2,1H3. The van der Waals surface area contributed by atoms with E-state index in [1.807, 2.05) is 6.07 Å². The van der Waals surface area contributed by atoms with E-state index < -0.39 is 0 Å². The molecule has 0 fully saturated rings. The number of hydrogen-bond donors (Lipinski definition) is 0. The van der Waals surface area contributed by atoms with E-state index in [0.29, 0.717) is 10.0 Å². The van der Waals surface area contributed by atoms with E-state index in [0.717, 1.165) is 26.6 Å². The molecule has 0 saturated heterocycles. The van der Waals surface area contributed by atoms with Gasteiger partial charge in [0, 0.05) is 20.2 Å². The summed E-state index contributed by atoms with van der Waals surface area (Å²) >= 11 is 21.4. The Hall–Kier alpha value is -0.520. The minimum atomic E-state index is 0.243. The van der Waals surface area contributed by atoms with Crippen LogP contribution in [0.1, 0.15) is 11.8 Å². The van der Waals surface area contributed by atoms with Gasteiger partial charge in [-0.2, -0.15) is 0 Å². The van der Waals surface area contributed by atoms with E-state index in [4.69, 9.17) is 34.8 Å². The zero-order valence-corrected chi connectivity index (χ0v) is 14.8. The second-order valence-corrected chi connectivity index (χ2v) is 7.59. The number of aryl methyl sites for hydroxylation is 1.